The van der Waals surface area contributed by atoms with Crippen molar-refractivity contribution in [2.45, 2.75) is 63.3 Å². The molecule has 5 nitrogen and oxygen atoms in total. The zero-order valence-electron chi connectivity index (χ0n) is 16.1. The lowest BCUT2D eigenvalue weighted by Crippen LogP contribution is -2.47. The van der Waals surface area contributed by atoms with Gasteiger partial charge in [0.25, 0.3) is 0 Å². The summed E-state index contributed by atoms with van der Waals surface area (Å²) in [5, 5.41) is 6.73. The van der Waals surface area contributed by atoms with Gasteiger partial charge in [0.05, 0.1) is 0 Å². The molecule has 1 saturated heterocycles. The lowest BCUT2D eigenvalue weighted by Gasteiger charge is -2.39. The number of ether oxygens (including phenoxy) is 2. The molecular formula is C21H31ClN2O3. The van der Waals surface area contributed by atoms with Gasteiger partial charge >= 0.3 is 0 Å². The monoisotopic (exact) mass is 394 g/mol. The van der Waals surface area contributed by atoms with Crippen LogP contribution in [0.3, 0.4) is 0 Å². The number of rotatable bonds is 4. The Balaban J connectivity index is 0.00000210. The van der Waals surface area contributed by atoms with E-state index in [4.69, 9.17) is 9.47 Å². The van der Waals surface area contributed by atoms with Gasteiger partial charge in [-0.05, 0) is 56.8 Å². The van der Waals surface area contributed by atoms with E-state index in [9.17, 15) is 4.79 Å². The minimum Gasteiger partial charge on any atom is -0.454 e. The van der Waals surface area contributed by atoms with Crippen LogP contribution in [-0.4, -0.2) is 31.8 Å². The first-order valence-corrected chi connectivity index (χ1v) is 10.1. The van der Waals surface area contributed by atoms with Crippen molar-refractivity contribution in [2.75, 3.05) is 19.9 Å². The van der Waals surface area contributed by atoms with Crippen molar-refractivity contribution in [3.63, 3.8) is 0 Å². The van der Waals surface area contributed by atoms with Crippen molar-refractivity contribution in [1.29, 1.82) is 0 Å². The molecule has 27 heavy (non-hydrogen) atoms. The first-order valence-electron chi connectivity index (χ1n) is 10.1. The number of amides is 1. The van der Waals surface area contributed by atoms with Gasteiger partial charge in [0.15, 0.2) is 11.5 Å². The minimum atomic E-state index is 0. The van der Waals surface area contributed by atoms with E-state index in [1.807, 2.05) is 6.07 Å². The summed E-state index contributed by atoms with van der Waals surface area (Å²) < 4.78 is 11.1. The second-order valence-electron chi connectivity index (χ2n) is 8.20. The molecule has 0 spiro atoms. The highest BCUT2D eigenvalue weighted by atomic mass is 35.5. The van der Waals surface area contributed by atoms with Gasteiger partial charge in [-0.3, -0.25) is 4.79 Å². The topological polar surface area (TPSA) is 59.6 Å². The Morgan fingerprint density at radius 3 is 2.78 bits per heavy atom. The molecule has 2 aliphatic heterocycles. The van der Waals surface area contributed by atoms with Crippen molar-refractivity contribution in [3.05, 3.63) is 23.8 Å². The fraction of sp³-hybridized carbons (Fsp3) is 0.667. The summed E-state index contributed by atoms with van der Waals surface area (Å²) in [6, 6.07) is 6.74. The number of halogens is 1. The molecule has 1 aromatic rings. The van der Waals surface area contributed by atoms with Crippen LogP contribution >= 0.6 is 12.4 Å². The summed E-state index contributed by atoms with van der Waals surface area (Å²) in [5.41, 5.74) is 1.30. The van der Waals surface area contributed by atoms with Gasteiger partial charge in [0, 0.05) is 23.9 Å². The van der Waals surface area contributed by atoms with Crippen LogP contribution in [0.4, 0.5) is 0 Å². The molecule has 6 heteroatoms. The lowest BCUT2D eigenvalue weighted by molar-refractivity contribution is -0.126. The molecule has 1 saturated carbocycles. The zero-order chi connectivity index (χ0) is 18.0. The van der Waals surface area contributed by atoms with Crippen LogP contribution in [0.25, 0.3) is 0 Å². The molecule has 1 aromatic carbocycles. The van der Waals surface area contributed by atoms with Crippen LogP contribution < -0.4 is 20.1 Å². The number of carbonyl (C=O) groups is 1. The molecule has 1 amide bonds. The van der Waals surface area contributed by atoms with Gasteiger partial charge in [-0.25, -0.2) is 0 Å². The van der Waals surface area contributed by atoms with E-state index in [-0.39, 0.29) is 29.6 Å². The van der Waals surface area contributed by atoms with Crippen LogP contribution in [0, 0.1) is 5.92 Å². The molecular weight excluding hydrogens is 364 g/mol. The molecule has 0 radical (unpaired) electrons. The SMILES string of the molecule is C[C@H]1C[C@@H](C(=O)NCC2(c3ccc4c(c3)OCO4)CCCCC2)CCN1.Cl. The average Bonchev–Trinajstić information content (AvgIpc) is 3.15. The van der Waals surface area contributed by atoms with Crippen molar-refractivity contribution in [2.24, 2.45) is 5.92 Å². The van der Waals surface area contributed by atoms with Gasteiger partial charge in [-0.2, -0.15) is 0 Å². The van der Waals surface area contributed by atoms with Crippen molar-refractivity contribution in [1.82, 2.24) is 10.6 Å². The first kappa shape index (κ1) is 20.3. The Morgan fingerprint density at radius 1 is 1.22 bits per heavy atom. The molecule has 2 atom stereocenters. The standard InChI is InChI=1S/C21H30N2O3.ClH/c1-15-11-16(7-10-22-15)20(24)23-13-21(8-3-2-4-9-21)17-5-6-18-19(12-17)26-14-25-18;/h5-6,12,15-16,22H,2-4,7-11,13-14H2,1H3,(H,23,24);1H/t15-,16-;/m0./s1. The normalized spacial score (nSPS) is 26.1. The van der Waals surface area contributed by atoms with E-state index in [1.54, 1.807) is 0 Å². The fourth-order valence-electron chi connectivity index (χ4n) is 4.79. The van der Waals surface area contributed by atoms with Gasteiger partial charge in [-0.15, -0.1) is 12.4 Å². The van der Waals surface area contributed by atoms with Crippen LogP contribution in [0.2, 0.25) is 0 Å². The summed E-state index contributed by atoms with van der Waals surface area (Å²) in [6.45, 7) is 4.13. The Bertz CT molecular complexity index is 661. The smallest absolute Gasteiger partial charge is 0.231 e. The first-order chi connectivity index (χ1) is 12.7. The summed E-state index contributed by atoms with van der Waals surface area (Å²) in [4.78, 5) is 12.8. The van der Waals surface area contributed by atoms with Crippen LogP contribution in [-0.2, 0) is 10.2 Å². The van der Waals surface area contributed by atoms with Crippen LogP contribution in [0.5, 0.6) is 11.5 Å². The number of fused-ring (bicyclic) bond motifs is 1. The number of nitrogens with one attached hydrogen (secondary N) is 2. The average molecular weight is 395 g/mol. The van der Waals surface area contributed by atoms with Gasteiger partial charge in [0.2, 0.25) is 12.7 Å². The number of hydrogen-bond acceptors (Lipinski definition) is 4. The largest absolute Gasteiger partial charge is 0.454 e. The van der Waals surface area contributed by atoms with E-state index < -0.39 is 0 Å². The highest BCUT2D eigenvalue weighted by molar-refractivity contribution is 5.85. The number of carbonyl (C=O) groups excluding carboxylic acids is 1. The third-order valence-corrected chi connectivity index (χ3v) is 6.39. The maximum atomic E-state index is 12.8. The van der Waals surface area contributed by atoms with Gasteiger partial charge in [0.1, 0.15) is 0 Å². The van der Waals surface area contributed by atoms with Crippen molar-refractivity contribution in [3.8, 4) is 11.5 Å². The summed E-state index contributed by atoms with van der Waals surface area (Å²) >= 11 is 0. The van der Waals surface area contributed by atoms with E-state index in [2.05, 4.69) is 29.7 Å². The van der Waals surface area contributed by atoms with Crippen molar-refractivity contribution >= 4 is 18.3 Å². The van der Waals surface area contributed by atoms with Crippen molar-refractivity contribution < 1.29 is 14.3 Å². The zero-order valence-corrected chi connectivity index (χ0v) is 16.9. The van der Waals surface area contributed by atoms with Crippen LogP contribution in [0.1, 0.15) is 57.4 Å². The third-order valence-electron chi connectivity index (χ3n) is 6.39. The maximum absolute atomic E-state index is 12.8. The molecule has 150 valence electrons. The van der Waals surface area contributed by atoms with Gasteiger partial charge < -0.3 is 20.1 Å². The predicted molar refractivity (Wildman–Crippen MR) is 108 cm³/mol. The highest BCUT2D eigenvalue weighted by Crippen LogP contribution is 2.43. The molecule has 0 bridgehead atoms. The summed E-state index contributed by atoms with van der Waals surface area (Å²) in [7, 11) is 0. The molecule has 2 N–H and O–H groups in total. The Morgan fingerprint density at radius 2 is 2.00 bits per heavy atom. The van der Waals surface area contributed by atoms with E-state index >= 15 is 0 Å². The Kier molecular flexibility index (Phi) is 6.53. The third kappa shape index (κ3) is 4.35. The second-order valence-corrected chi connectivity index (χ2v) is 8.20. The molecule has 1 aliphatic carbocycles. The van der Waals surface area contributed by atoms with Gasteiger partial charge in [-0.1, -0.05) is 25.3 Å². The Labute approximate surface area is 168 Å². The molecule has 2 heterocycles. The van der Waals surface area contributed by atoms with E-state index in [0.717, 1.165) is 50.3 Å². The molecule has 4 rings (SSSR count). The minimum absolute atomic E-state index is 0. The summed E-state index contributed by atoms with van der Waals surface area (Å²) in [5.74, 6) is 2.03. The highest BCUT2D eigenvalue weighted by Gasteiger charge is 2.36. The molecule has 3 aliphatic rings. The Hall–Kier alpha value is -1.46. The fourth-order valence-corrected chi connectivity index (χ4v) is 4.79. The number of benzene rings is 1. The molecule has 0 aromatic heterocycles. The van der Waals surface area contributed by atoms with Crippen LogP contribution in [0.15, 0.2) is 18.2 Å². The quantitative estimate of drug-likeness (QED) is 0.819. The maximum Gasteiger partial charge on any atom is 0.231 e. The second kappa shape index (κ2) is 8.70. The molecule has 0 unspecified atom stereocenters. The number of piperidine rings is 1. The summed E-state index contributed by atoms with van der Waals surface area (Å²) in [6.07, 6.45) is 7.83. The predicted octanol–water partition coefficient (Wildman–Crippen LogP) is 3.54. The molecule has 2 fully saturated rings. The lowest BCUT2D eigenvalue weighted by atomic mass is 9.69. The number of hydrogen-bond donors (Lipinski definition) is 2. The van der Waals surface area contributed by atoms with E-state index in [0.29, 0.717) is 12.8 Å². The van der Waals surface area contributed by atoms with E-state index in [1.165, 1.54) is 24.8 Å².